The van der Waals surface area contributed by atoms with Crippen LogP contribution in [-0.2, 0) is 14.3 Å². The Morgan fingerprint density at radius 3 is 1.73 bits per heavy atom. The molecule has 1 aliphatic heterocycles. The Labute approximate surface area is 225 Å². The van der Waals surface area contributed by atoms with Crippen molar-refractivity contribution in [3.63, 3.8) is 0 Å². The lowest BCUT2D eigenvalue weighted by Gasteiger charge is -2.43. The predicted octanol–water partition coefficient (Wildman–Crippen LogP) is 4.87. The Bertz CT molecular complexity index is 544. The van der Waals surface area contributed by atoms with E-state index in [-0.39, 0.29) is 19.0 Å². The topological polar surface area (TPSA) is 120 Å². The SMILES string of the molecule is CCCCCCCCCC(CCCCCCCCC)N(CCC(=O)O)C[C@H]1O[C@H](OC)[C@@H](O)[C@@H](O)[C@@H]1O. The lowest BCUT2D eigenvalue weighted by molar-refractivity contribution is -0.292. The van der Waals surface area contributed by atoms with Crippen LogP contribution in [-0.4, -0.2) is 88.2 Å². The van der Waals surface area contributed by atoms with Gasteiger partial charge in [0.05, 0.1) is 6.42 Å². The van der Waals surface area contributed by atoms with Crippen molar-refractivity contribution in [3.05, 3.63) is 0 Å². The molecule has 220 valence electrons. The quantitative estimate of drug-likeness (QED) is 0.138. The zero-order valence-electron chi connectivity index (χ0n) is 23.9. The van der Waals surface area contributed by atoms with E-state index in [2.05, 4.69) is 18.7 Å². The summed E-state index contributed by atoms with van der Waals surface area (Å²) in [5.41, 5.74) is 0. The Hall–Kier alpha value is -0.770. The van der Waals surface area contributed by atoms with E-state index in [4.69, 9.17) is 9.47 Å². The second-order valence-corrected chi connectivity index (χ2v) is 10.9. The number of carbonyl (C=O) groups is 1. The van der Waals surface area contributed by atoms with Crippen molar-refractivity contribution in [1.82, 2.24) is 4.90 Å². The molecule has 0 saturated carbocycles. The average Bonchev–Trinajstić information content (AvgIpc) is 2.88. The highest BCUT2D eigenvalue weighted by Gasteiger charge is 2.44. The fraction of sp³-hybridized carbons (Fsp3) is 0.966. The predicted molar refractivity (Wildman–Crippen MR) is 147 cm³/mol. The fourth-order valence-corrected chi connectivity index (χ4v) is 5.34. The molecule has 1 saturated heterocycles. The van der Waals surface area contributed by atoms with Gasteiger partial charge in [-0.05, 0) is 12.8 Å². The molecular formula is C29H57NO7. The molecule has 8 nitrogen and oxygen atoms in total. The van der Waals surface area contributed by atoms with E-state index < -0.39 is 36.7 Å². The van der Waals surface area contributed by atoms with Gasteiger partial charge >= 0.3 is 5.97 Å². The zero-order chi connectivity index (χ0) is 27.5. The highest BCUT2D eigenvalue weighted by Crippen LogP contribution is 2.25. The Kier molecular flexibility index (Phi) is 19.5. The first-order valence-electron chi connectivity index (χ1n) is 15.0. The van der Waals surface area contributed by atoms with Gasteiger partial charge in [-0.25, -0.2) is 0 Å². The molecule has 1 rings (SSSR count). The largest absolute Gasteiger partial charge is 0.481 e. The first-order valence-corrected chi connectivity index (χ1v) is 15.0. The van der Waals surface area contributed by atoms with Gasteiger partial charge in [-0.1, -0.05) is 104 Å². The summed E-state index contributed by atoms with van der Waals surface area (Å²) in [6.07, 6.45) is 13.3. The number of carboxylic acid groups (broad SMARTS) is 1. The van der Waals surface area contributed by atoms with E-state index in [1.54, 1.807) is 0 Å². The minimum atomic E-state index is -1.38. The van der Waals surface area contributed by atoms with Crippen LogP contribution in [0.3, 0.4) is 0 Å². The molecule has 0 spiro atoms. The van der Waals surface area contributed by atoms with Gasteiger partial charge in [0.2, 0.25) is 0 Å². The molecule has 0 aliphatic carbocycles. The van der Waals surface area contributed by atoms with E-state index >= 15 is 0 Å². The van der Waals surface area contributed by atoms with Crippen molar-refractivity contribution in [3.8, 4) is 0 Å². The normalized spacial score (nSPS) is 24.3. The van der Waals surface area contributed by atoms with Gasteiger partial charge in [-0.3, -0.25) is 9.69 Å². The third-order valence-corrected chi connectivity index (χ3v) is 7.73. The monoisotopic (exact) mass is 531 g/mol. The number of aliphatic hydroxyl groups excluding tert-OH is 3. The van der Waals surface area contributed by atoms with Crippen molar-refractivity contribution in [2.75, 3.05) is 20.2 Å². The third kappa shape index (κ3) is 14.3. The van der Waals surface area contributed by atoms with E-state index in [1.165, 1.54) is 84.2 Å². The molecule has 0 aromatic heterocycles. The average molecular weight is 532 g/mol. The summed E-state index contributed by atoms with van der Waals surface area (Å²) in [6, 6.07) is 0.187. The summed E-state index contributed by atoms with van der Waals surface area (Å²) in [5.74, 6) is -0.856. The molecule has 0 aromatic rings. The number of nitrogens with zero attached hydrogens (tertiary/aromatic N) is 1. The highest BCUT2D eigenvalue weighted by molar-refractivity contribution is 5.66. The van der Waals surface area contributed by atoms with Gasteiger partial charge in [0, 0.05) is 26.2 Å². The molecular weight excluding hydrogens is 474 g/mol. The molecule has 0 unspecified atom stereocenters. The summed E-state index contributed by atoms with van der Waals surface area (Å²) in [6.45, 7) is 5.09. The van der Waals surface area contributed by atoms with Crippen LogP contribution in [0.2, 0.25) is 0 Å². The molecule has 1 heterocycles. The maximum Gasteiger partial charge on any atom is 0.304 e. The minimum Gasteiger partial charge on any atom is -0.481 e. The zero-order valence-corrected chi connectivity index (χ0v) is 23.9. The maximum atomic E-state index is 11.4. The molecule has 8 heteroatoms. The molecule has 0 aromatic carbocycles. The molecule has 1 aliphatic rings. The van der Waals surface area contributed by atoms with E-state index in [9.17, 15) is 25.2 Å². The van der Waals surface area contributed by atoms with Gasteiger partial charge in [0.1, 0.15) is 24.4 Å². The lowest BCUT2D eigenvalue weighted by atomic mass is 9.95. The van der Waals surface area contributed by atoms with Crippen LogP contribution in [0.15, 0.2) is 0 Å². The van der Waals surface area contributed by atoms with Crippen molar-refractivity contribution in [2.45, 2.75) is 160 Å². The molecule has 0 amide bonds. The van der Waals surface area contributed by atoms with Crippen LogP contribution in [0.25, 0.3) is 0 Å². The number of methoxy groups -OCH3 is 1. The standard InChI is InChI=1S/C29H57NO7/c1-4-6-8-10-12-14-16-18-23(19-17-15-13-11-9-7-5-2)30(21-20-25(31)32)22-24-26(33)27(34)28(35)29(36-3)37-24/h23-24,26-29,33-35H,4-22H2,1-3H3,(H,31,32)/t24-,26-,27+,28+,29+/m1/s1. The van der Waals surface area contributed by atoms with Gasteiger partial charge in [0.15, 0.2) is 6.29 Å². The highest BCUT2D eigenvalue weighted by atomic mass is 16.7. The van der Waals surface area contributed by atoms with Gasteiger partial charge in [0.25, 0.3) is 0 Å². The summed E-state index contributed by atoms with van der Waals surface area (Å²) in [5, 5.41) is 40.5. The summed E-state index contributed by atoms with van der Waals surface area (Å²) >= 11 is 0. The van der Waals surface area contributed by atoms with Crippen molar-refractivity contribution < 1.29 is 34.7 Å². The third-order valence-electron chi connectivity index (χ3n) is 7.73. The molecule has 1 fully saturated rings. The molecule has 0 radical (unpaired) electrons. The molecule has 5 atom stereocenters. The molecule has 4 N–H and O–H groups in total. The number of rotatable bonds is 23. The summed E-state index contributed by atoms with van der Waals surface area (Å²) in [4.78, 5) is 13.6. The van der Waals surface area contributed by atoms with Gasteiger partial charge in [-0.2, -0.15) is 0 Å². The smallest absolute Gasteiger partial charge is 0.304 e. The Morgan fingerprint density at radius 1 is 0.784 bits per heavy atom. The number of aliphatic carboxylic acids is 1. The van der Waals surface area contributed by atoms with Crippen LogP contribution < -0.4 is 0 Å². The number of unbranched alkanes of at least 4 members (excludes halogenated alkanes) is 12. The number of ether oxygens (including phenoxy) is 2. The van der Waals surface area contributed by atoms with Crippen LogP contribution in [0.5, 0.6) is 0 Å². The molecule has 37 heavy (non-hydrogen) atoms. The number of hydrogen-bond acceptors (Lipinski definition) is 7. The van der Waals surface area contributed by atoms with Crippen LogP contribution >= 0.6 is 0 Å². The van der Waals surface area contributed by atoms with E-state index in [0.29, 0.717) is 6.54 Å². The number of hydrogen-bond donors (Lipinski definition) is 4. The number of aliphatic hydroxyl groups is 3. The Balaban J connectivity index is 2.81. The maximum absolute atomic E-state index is 11.4. The summed E-state index contributed by atoms with van der Waals surface area (Å²) < 4.78 is 11.0. The van der Waals surface area contributed by atoms with E-state index in [0.717, 1.165) is 25.7 Å². The van der Waals surface area contributed by atoms with Crippen LogP contribution in [0, 0.1) is 0 Å². The van der Waals surface area contributed by atoms with Crippen molar-refractivity contribution in [1.29, 1.82) is 0 Å². The van der Waals surface area contributed by atoms with Gasteiger partial charge in [-0.15, -0.1) is 0 Å². The Morgan fingerprint density at radius 2 is 1.27 bits per heavy atom. The first-order chi connectivity index (χ1) is 17.8. The molecule has 0 bridgehead atoms. The van der Waals surface area contributed by atoms with Crippen LogP contribution in [0.1, 0.15) is 123 Å². The second kappa shape index (κ2) is 21.1. The first kappa shape index (κ1) is 34.3. The van der Waals surface area contributed by atoms with Gasteiger partial charge < -0.3 is 29.9 Å². The minimum absolute atomic E-state index is 0.00619. The second-order valence-electron chi connectivity index (χ2n) is 10.9. The number of carboxylic acids is 1. The fourth-order valence-electron chi connectivity index (χ4n) is 5.34. The lowest BCUT2D eigenvalue weighted by Crippen LogP contribution is -2.61. The van der Waals surface area contributed by atoms with Crippen molar-refractivity contribution >= 4 is 5.97 Å². The van der Waals surface area contributed by atoms with Crippen LogP contribution in [0.4, 0.5) is 0 Å². The van der Waals surface area contributed by atoms with Crippen molar-refractivity contribution in [2.24, 2.45) is 0 Å². The summed E-state index contributed by atoms with van der Waals surface area (Å²) in [7, 11) is 1.39. The van der Waals surface area contributed by atoms with E-state index in [1.807, 2.05) is 0 Å².